The fourth-order valence-electron chi connectivity index (χ4n) is 3.06. The van der Waals surface area contributed by atoms with Crippen LogP contribution in [-0.2, 0) is 6.54 Å². The maximum Gasteiger partial charge on any atom is 0.251 e. The highest BCUT2D eigenvalue weighted by Crippen LogP contribution is 2.24. The maximum atomic E-state index is 12.4. The Balaban J connectivity index is 1.41. The number of aromatic nitrogens is 2. The number of ether oxygens (including phenoxy) is 1. The molecule has 0 spiro atoms. The lowest BCUT2D eigenvalue weighted by Crippen LogP contribution is -2.22. The molecule has 0 aliphatic rings. The van der Waals surface area contributed by atoms with Crippen molar-refractivity contribution in [3.63, 3.8) is 0 Å². The van der Waals surface area contributed by atoms with Crippen LogP contribution < -0.4 is 10.1 Å². The van der Waals surface area contributed by atoms with E-state index in [9.17, 15) is 4.79 Å². The van der Waals surface area contributed by atoms with Crippen LogP contribution in [0.2, 0.25) is 0 Å². The quantitative estimate of drug-likeness (QED) is 0.508. The first kappa shape index (κ1) is 18.5. The summed E-state index contributed by atoms with van der Waals surface area (Å²) in [5.74, 6) is 0.687. The number of hydrogen-bond acceptors (Lipinski definition) is 3. The van der Waals surface area contributed by atoms with E-state index in [1.807, 2.05) is 84.9 Å². The number of nitrogens with one attached hydrogen (secondary N) is 2. The topological polar surface area (TPSA) is 67.0 Å². The molecule has 0 atom stereocenters. The summed E-state index contributed by atoms with van der Waals surface area (Å²) in [5, 5.41) is 10.4. The van der Waals surface area contributed by atoms with Crippen LogP contribution in [0, 0.1) is 0 Å². The van der Waals surface area contributed by atoms with Crippen molar-refractivity contribution in [1.82, 2.24) is 15.5 Å². The molecule has 0 saturated heterocycles. The van der Waals surface area contributed by atoms with Crippen LogP contribution in [0.4, 0.5) is 0 Å². The lowest BCUT2D eigenvalue weighted by Gasteiger charge is -2.07. The molecule has 0 fully saturated rings. The van der Waals surface area contributed by atoms with Crippen molar-refractivity contribution < 1.29 is 9.53 Å². The summed E-state index contributed by atoms with van der Waals surface area (Å²) in [6, 6.07) is 27.1. The van der Waals surface area contributed by atoms with Crippen molar-refractivity contribution in [2.45, 2.75) is 6.54 Å². The van der Waals surface area contributed by atoms with Gasteiger partial charge < -0.3 is 10.1 Å². The van der Waals surface area contributed by atoms with Crippen molar-refractivity contribution >= 4 is 5.91 Å². The predicted octanol–water partition coefficient (Wildman–Crippen LogP) is 4.68. The van der Waals surface area contributed by atoms with E-state index in [-0.39, 0.29) is 5.91 Å². The maximum absolute atomic E-state index is 12.4. The van der Waals surface area contributed by atoms with Gasteiger partial charge in [0.25, 0.3) is 5.91 Å². The Labute approximate surface area is 169 Å². The van der Waals surface area contributed by atoms with E-state index in [4.69, 9.17) is 4.74 Å². The van der Waals surface area contributed by atoms with E-state index in [0.29, 0.717) is 12.1 Å². The molecular weight excluding hydrogens is 362 g/mol. The first-order valence-electron chi connectivity index (χ1n) is 9.35. The molecule has 1 aromatic heterocycles. The van der Waals surface area contributed by atoms with Crippen molar-refractivity contribution in [2.75, 3.05) is 7.11 Å². The first-order chi connectivity index (χ1) is 14.2. The van der Waals surface area contributed by atoms with Crippen molar-refractivity contribution in [3.05, 3.63) is 96.1 Å². The zero-order chi connectivity index (χ0) is 20.1. The lowest BCUT2D eigenvalue weighted by molar-refractivity contribution is 0.0951. The number of benzene rings is 3. The zero-order valence-electron chi connectivity index (χ0n) is 16.1. The summed E-state index contributed by atoms with van der Waals surface area (Å²) in [4.78, 5) is 12.4. The Kier molecular flexibility index (Phi) is 5.38. The van der Waals surface area contributed by atoms with E-state index in [0.717, 1.165) is 33.8 Å². The Morgan fingerprint density at radius 2 is 1.66 bits per heavy atom. The molecule has 5 nitrogen and oxygen atoms in total. The fourth-order valence-corrected chi connectivity index (χ4v) is 3.06. The van der Waals surface area contributed by atoms with Crippen LogP contribution in [0.1, 0.15) is 15.9 Å². The largest absolute Gasteiger partial charge is 0.497 e. The van der Waals surface area contributed by atoms with Gasteiger partial charge in [0.05, 0.1) is 18.5 Å². The molecule has 0 aliphatic heterocycles. The molecule has 0 saturated carbocycles. The minimum Gasteiger partial charge on any atom is -0.497 e. The third-order valence-electron chi connectivity index (χ3n) is 4.72. The van der Waals surface area contributed by atoms with E-state index < -0.39 is 0 Å². The summed E-state index contributed by atoms with van der Waals surface area (Å²) >= 11 is 0. The SMILES string of the molecule is COc1ccc(CNC(=O)c2ccc(-c3cc(-c4ccccc4)n[nH]3)cc2)cc1. The third-order valence-corrected chi connectivity index (χ3v) is 4.72. The molecule has 4 aromatic rings. The molecule has 2 N–H and O–H groups in total. The number of nitrogens with zero attached hydrogens (tertiary/aromatic N) is 1. The van der Waals surface area contributed by atoms with Crippen LogP contribution in [0.5, 0.6) is 5.75 Å². The lowest BCUT2D eigenvalue weighted by atomic mass is 10.1. The Morgan fingerprint density at radius 3 is 2.34 bits per heavy atom. The van der Waals surface area contributed by atoms with Crippen LogP contribution in [0.3, 0.4) is 0 Å². The van der Waals surface area contributed by atoms with Gasteiger partial charge in [-0.05, 0) is 41.5 Å². The molecule has 0 bridgehead atoms. The van der Waals surface area contributed by atoms with Crippen LogP contribution >= 0.6 is 0 Å². The highest BCUT2D eigenvalue weighted by molar-refractivity contribution is 5.94. The van der Waals surface area contributed by atoms with Gasteiger partial charge in [-0.3, -0.25) is 9.89 Å². The van der Waals surface area contributed by atoms with Crippen LogP contribution in [0.15, 0.2) is 84.9 Å². The average molecular weight is 383 g/mol. The third kappa shape index (κ3) is 4.35. The van der Waals surface area contributed by atoms with Gasteiger partial charge in [0.1, 0.15) is 5.75 Å². The second-order valence-corrected chi connectivity index (χ2v) is 6.64. The molecule has 29 heavy (non-hydrogen) atoms. The smallest absolute Gasteiger partial charge is 0.251 e. The second kappa shape index (κ2) is 8.44. The van der Waals surface area contributed by atoms with Gasteiger partial charge in [0.2, 0.25) is 0 Å². The van der Waals surface area contributed by atoms with Crippen molar-refractivity contribution in [1.29, 1.82) is 0 Å². The van der Waals surface area contributed by atoms with E-state index in [1.165, 1.54) is 0 Å². The summed E-state index contributed by atoms with van der Waals surface area (Å²) in [6.45, 7) is 0.464. The van der Waals surface area contributed by atoms with Crippen LogP contribution in [0.25, 0.3) is 22.5 Å². The number of carbonyl (C=O) groups excluding carboxylic acids is 1. The van der Waals surface area contributed by atoms with E-state index in [1.54, 1.807) is 7.11 Å². The molecule has 4 rings (SSSR count). The normalized spacial score (nSPS) is 10.5. The Hall–Kier alpha value is -3.86. The summed E-state index contributed by atoms with van der Waals surface area (Å²) in [5.41, 5.74) is 5.47. The highest BCUT2D eigenvalue weighted by Gasteiger charge is 2.08. The molecule has 0 radical (unpaired) electrons. The minimum absolute atomic E-state index is 0.109. The fraction of sp³-hybridized carbons (Fsp3) is 0.0833. The summed E-state index contributed by atoms with van der Waals surface area (Å²) < 4.78 is 5.14. The Morgan fingerprint density at radius 1 is 0.931 bits per heavy atom. The first-order valence-corrected chi connectivity index (χ1v) is 9.35. The molecule has 5 heteroatoms. The molecule has 0 aliphatic carbocycles. The van der Waals surface area contributed by atoms with Crippen molar-refractivity contribution in [3.8, 4) is 28.3 Å². The highest BCUT2D eigenvalue weighted by atomic mass is 16.5. The van der Waals surface area contributed by atoms with Gasteiger partial charge in [-0.1, -0.05) is 54.6 Å². The molecule has 1 heterocycles. The molecular formula is C24H21N3O2. The van der Waals surface area contributed by atoms with Gasteiger partial charge in [-0.2, -0.15) is 5.10 Å². The van der Waals surface area contributed by atoms with Gasteiger partial charge in [-0.25, -0.2) is 0 Å². The Bertz CT molecular complexity index is 1090. The number of H-pyrrole nitrogens is 1. The monoisotopic (exact) mass is 383 g/mol. The zero-order valence-corrected chi connectivity index (χ0v) is 16.1. The van der Waals surface area contributed by atoms with E-state index in [2.05, 4.69) is 15.5 Å². The van der Waals surface area contributed by atoms with Crippen LogP contribution in [-0.4, -0.2) is 23.2 Å². The number of aromatic amines is 1. The standard InChI is InChI=1S/C24H21N3O2/c1-29-21-13-7-17(8-14-21)16-25-24(28)20-11-9-19(10-12-20)23-15-22(26-27-23)18-5-3-2-4-6-18/h2-15H,16H2,1H3,(H,25,28)(H,26,27). The number of hydrogen-bond donors (Lipinski definition) is 2. The summed E-state index contributed by atoms with van der Waals surface area (Å²) in [7, 11) is 1.63. The van der Waals surface area contributed by atoms with Gasteiger partial charge in [-0.15, -0.1) is 0 Å². The molecule has 3 aromatic carbocycles. The molecule has 0 unspecified atom stereocenters. The number of rotatable bonds is 6. The van der Waals surface area contributed by atoms with Gasteiger partial charge in [0, 0.05) is 17.7 Å². The van der Waals surface area contributed by atoms with E-state index >= 15 is 0 Å². The molecule has 1 amide bonds. The number of carbonyl (C=O) groups is 1. The average Bonchev–Trinajstić information content (AvgIpc) is 3.29. The second-order valence-electron chi connectivity index (χ2n) is 6.64. The number of methoxy groups -OCH3 is 1. The van der Waals surface area contributed by atoms with Gasteiger partial charge in [0.15, 0.2) is 0 Å². The predicted molar refractivity (Wildman–Crippen MR) is 114 cm³/mol. The number of amides is 1. The molecule has 144 valence electrons. The summed E-state index contributed by atoms with van der Waals surface area (Å²) in [6.07, 6.45) is 0. The van der Waals surface area contributed by atoms with Crippen molar-refractivity contribution in [2.24, 2.45) is 0 Å². The minimum atomic E-state index is -0.109. The van der Waals surface area contributed by atoms with Gasteiger partial charge >= 0.3 is 0 Å².